The number of hydrogen-bond acceptors (Lipinski definition) is 4. The topological polar surface area (TPSA) is 78.6 Å². The Morgan fingerprint density at radius 2 is 2.12 bits per heavy atom. The predicted molar refractivity (Wildman–Crippen MR) is 65.1 cm³/mol. The molecule has 0 saturated heterocycles. The predicted octanol–water partition coefficient (Wildman–Crippen LogP) is -0.457. The van der Waals surface area contributed by atoms with Crippen LogP contribution in [0.15, 0.2) is 0 Å². The van der Waals surface area contributed by atoms with Gasteiger partial charge in [-0.25, -0.2) is 0 Å². The van der Waals surface area contributed by atoms with E-state index >= 15 is 0 Å². The van der Waals surface area contributed by atoms with E-state index in [1.54, 1.807) is 6.92 Å². The van der Waals surface area contributed by atoms with Crippen molar-refractivity contribution in [2.75, 3.05) is 27.2 Å². The van der Waals surface area contributed by atoms with Crippen LogP contribution >= 0.6 is 0 Å². The van der Waals surface area contributed by atoms with Crippen molar-refractivity contribution >= 4 is 5.91 Å². The van der Waals surface area contributed by atoms with Crippen LogP contribution in [-0.2, 0) is 4.79 Å². The SMILES string of the molecule is CCC(N)CC(=O)NCC(C)(O)CN(C)C. The maximum absolute atomic E-state index is 11.4. The summed E-state index contributed by atoms with van der Waals surface area (Å²) in [7, 11) is 3.76. The summed E-state index contributed by atoms with van der Waals surface area (Å²) < 4.78 is 0. The van der Waals surface area contributed by atoms with Gasteiger partial charge in [0, 0.05) is 25.6 Å². The summed E-state index contributed by atoms with van der Waals surface area (Å²) >= 11 is 0. The number of nitrogens with two attached hydrogens (primary N) is 1. The number of likely N-dealkylation sites (N-methyl/N-ethyl adjacent to an activating group) is 1. The molecule has 0 aromatic carbocycles. The minimum Gasteiger partial charge on any atom is -0.387 e. The second-order valence-corrected chi connectivity index (χ2v) is 4.88. The van der Waals surface area contributed by atoms with Gasteiger partial charge >= 0.3 is 0 Å². The van der Waals surface area contributed by atoms with Crippen LogP contribution in [0.5, 0.6) is 0 Å². The summed E-state index contributed by atoms with van der Waals surface area (Å²) in [6.07, 6.45) is 1.09. The van der Waals surface area contributed by atoms with E-state index in [2.05, 4.69) is 5.32 Å². The second-order valence-electron chi connectivity index (χ2n) is 4.88. The number of carbonyl (C=O) groups is 1. The highest BCUT2D eigenvalue weighted by molar-refractivity contribution is 5.76. The summed E-state index contributed by atoms with van der Waals surface area (Å²) in [5, 5.41) is 12.6. The minimum atomic E-state index is -0.907. The van der Waals surface area contributed by atoms with Crippen LogP contribution in [0.4, 0.5) is 0 Å². The van der Waals surface area contributed by atoms with E-state index in [0.717, 1.165) is 6.42 Å². The van der Waals surface area contributed by atoms with Crippen molar-refractivity contribution in [3.05, 3.63) is 0 Å². The van der Waals surface area contributed by atoms with Crippen molar-refractivity contribution in [3.8, 4) is 0 Å². The van der Waals surface area contributed by atoms with Crippen LogP contribution in [0.2, 0.25) is 0 Å². The highest BCUT2D eigenvalue weighted by Gasteiger charge is 2.22. The van der Waals surface area contributed by atoms with Crippen molar-refractivity contribution in [2.45, 2.75) is 38.3 Å². The zero-order valence-electron chi connectivity index (χ0n) is 10.8. The van der Waals surface area contributed by atoms with E-state index in [4.69, 9.17) is 5.73 Å². The van der Waals surface area contributed by atoms with E-state index in [1.807, 2.05) is 25.9 Å². The van der Waals surface area contributed by atoms with Crippen LogP contribution in [-0.4, -0.2) is 54.7 Å². The van der Waals surface area contributed by atoms with Crippen LogP contribution in [0.25, 0.3) is 0 Å². The molecule has 0 radical (unpaired) electrons. The average Bonchev–Trinajstić information content (AvgIpc) is 2.13. The lowest BCUT2D eigenvalue weighted by Crippen LogP contribution is -2.47. The molecule has 0 aliphatic heterocycles. The second kappa shape index (κ2) is 6.83. The van der Waals surface area contributed by atoms with Gasteiger partial charge in [-0.05, 0) is 27.4 Å². The Morgan fingerprint density at radius 1 is 1.56 bits per heavy atom. The highest BCUT2D eigenvalue weighted by atomic mass is 16.3. The molecular weight excluding hydrogens is 206 g/mol. The minimum absolute atomic E-state index is 0.0983. The van der Waals surface area contributed by atoms with Gasteiger partial charge in [0.05, 0.1) is 5.60 Å². The van der Waals surface area contributed by atoms with Crippen LogP contribution < -0.4 is 11.1 Å². The van der Waals surface area contributed by atoms with E-state index in [9.17, 15) is 9.90 Å². The van der Waals surface area contributed by atoms with Crippen molar-refractivity contribution in [1.29, 1.82) is 0 Å². The number of hydrogen-bond donors (Lipinski definition) is 3. The van der Waals surface area contributed by atoms with E-state index in [1.165, 1.54) is 0 Å². The summed E-state index contributed by atoms with van der Waals surface area (Å²) in [4.78, 5) is 13.3. The Kier molecular flexibility index (Phi) is 6.55. The van der Waals surface area contributed by atoms with Crippen LogP contribution in [0, 0.1) is 0 Å². The first kappa shape index (κ1) is 15.3. The molecular formula is C11H25N3O2. The van der Waals surface area contributed by atoms with Crippen molar-refractivity contribution in [1.82, 2.24) is 10.2 Å². The fourth-order valence-electron chi connectivity index (χ4n) is 1.48. The van der Waals surface area contributed by atoms with Crippen LogP contribution in [0.3, 0.4) is 0 Å². The number of rotatable bonds is 7. The van der Waals surface area contributed by atoms with E-state index < -0.39 is 5.60 Å². The molecule has 2 unspecified atom stereocenters. The van der Waals surface area contributed by atoms with Crippen molar-refractivity contribution < 1.29 is 9.90 Å². The maximum Gasteiger partial charge on any atom is 0.221 e. The summed E-state index contributed by atoms with van der Waals surface area (Å²) in [5.41, 5.74) is 4.76. The molecule has 96 valence electrons. The molecule has 0 rings (SSSR count). The largest absolute Gasteiger partial charge is 0.387 e. The third-order valence-electron chi connectivity index (χ3n) is 2.30. The fourth-order valence-corrected chi connectivity index (χ4v) is 1.48. The van der Waals surface area contributed by atoms with Gasteiger partial charge < -0.3 is 21.1 Å². The number of amides is 1. The van der Waals surface area contributed by atoms with Gasteiger partial charge in [-0.3, -0.25) is 4.79 Å². The molecule has 0 saturated carbocycles. The maximum atomic E-state index is 11.4. The third-order valence-corrected chi connectivity index (χ3v) is 2.30. The number of carbonyl (C=O) groups excluding carboxylic acids is 1. The number of aliphatic hydroxyl groups is 1. The average molecular weight is 231 g/mol. The summed E-state index contributed by atoms with van der Waals surface area (Å²) in [5.74, 6) is -0.103. The Bertz CT molecular complexity index is 217. The zero-order valence-corrected chi connectivity index (χ0v) is 10.8. The molecule has 4 N–H and O–H groups in total. The lowest BCUT2D eigenvalue weighted by molar-refractivity contribution is -0.122. The first-order chi connectivity index (χ1) is 7.26. The Morgan fingerprint density at radius 3 is 2.56 bits per heavy atom. The van der Waals surface area contributed by atoms with Gasteiger partial charge in [-0.15, -0.1) is 0 Å². The van der Waals surface area contributed by atoms with Gasteiger partial charge in [-0.1, -0.05) is 6.92 Å². The molecule has 0 bridgehead atoms. The zero-order chi connectivity index (χ0) is 12.8. The van der Waals surface area contributed by atoms with E-state index in [0.29, 0.717) is 13.0 Å². The molecule has 0 aliphatic rings. The molecule has 0 aliphatic carbocycles. The molecule has 5 heteroatoms. The van der Waals surface area contributed by atoms with Gasteiger partial charge in [-0.2, -0.15) is 0 Å². The fraction of sp³-hybridized carbons (Fsp3) is 0.909. The molecule has 0 heterocycles. The van der Waals surface area contributed by atoms with Gasteiger partial charge in [0.1, 0.15) is 0 Å². The molecule has 16 heavy (non-hydrogen) atoms. The van der Waals surface area contributed by atoms with Crippen molar-refractivity contribution in [2.24, 2.45) is 5.73 Å². The van der Waals surface area contributed by atoms with Crippen LogP contribution in [0.1, 0.15) is 26.7 Å². The first-order valence-corrected chi connectivity index (χ1v) is 5.66. The van der Waals surface area contributed by atoms with Gasteiger partial charge in [0.15, 0.2) is 0 Å². The Hall–Kier alpha value is -0.650. The lowest BCUT2D eigenvalue weighted by atomic mass is 10.1. The van der Waals surface area contributed by atoms with Crippen molar-refractivity contribution in [3.63, 3.8) is 0 Å². The molecule has 0 spiro atoms. The summed E-state index contributed by atoms with van der Waals surface area (Å²) in [6, 6.07) is -0.0983. The van der Waals surface area contributed by atoms with Gasteiger partial charge in [0.2, 0.25) is 5.91 Å². The van der Waals surface area contributed by atoms with E-state index in [-0.39, 0.29) is 18.5 Å². The Labute approximate surface area is 98.0 Å². The molecule has 2 atom stereocenters. The standard InChI is InChI=1S/C11H25N3O2/c1-5-9(12)6-10(15)13-7-11(2,16)8-14(3)4/h9,16H,5-8,12H2,1-4H3,(H,13,15). The normalized spacial score (nSPS) is 16.9. The Balaban J connectivity index is 3.90. The summed E-state index contributed by atoms with van der Waals surface area (Å²) in [6.45, 7) is 4.40. The molecule has 1 amide bonds. The first-order valence-electron chi connectivity index (χ1n) is 5.66. The molecule has 0 fully saturated rings. The quantitative estimate of drug-likeness (QED) is 0.554. The third kappa shape index (κ3) is 7.62. The molecule has 0 aromatic rings. The smallest absolute Gasteiger partial charge is 0.221 e. The van der Waals surface area contributed by atoms with Gasteiger partial charge in [0.25, 0.3) is 0 Å². The molecule has 0 aromatic heterocycles. The number of nitrogens with zero attached hydrogens (tertiary/aromatic N) is 1. The molecule has 5 nitrogen and oxygen atoms in total. The number of nitrogens with one attached hydrogen (secondary N) is 1. The highest BCUT2D eigenvalue weighted by Crippen LogP contribution is 2.03. The lowest BCUT2D eigenvalue weighted by Gasteiger charge is -2.27. The monoisotopic (exact) mass is 231 g/mol.